The second kappa shape index (κ2) is 6.18. The number of carbonyl (C=O) groups is 1. The van der Waals surface area contributed by atoms with Crippen LogP contribution in [0.4, 0.5) is 10.1 Å². The van der Waals surface area contributed by atoms with Gasteiger partial charge in [0, 0.05) is 31.4 Å². The monoisotopic (exact) mass is 298 g/mol. The van der Waals surface area contributed by atoms with Gasteiger partial charge in [-0.1, -0.05) is 18.2 Å². The molecule has 1 heterocycles. The first-order valence-electron chi connectivity index (χ1n) is 7.51. The van der Waals surface area contributed by atoms with Crippen molar-refractivity contribution >= 4 is 11.6 Å². The molecule has 4 heteroatoms. The average Bonchev–Trinajstić information content (AvgIpc) is 2.53. The number of hydrogen-bond acceptors (Lipinski definition) is 2. The van der Waals surface area contributed by atoms with E-state index in [2.05, 4.69) is 5.32 Å². The molecule has 0 spiro atoms. The summed E-state index contributed by atoms with van der Waals surface area (Å²) >= 11 is 0. The topological polar surface area (TPSA) is 32.3 Å². The van der Waals surface area contributed by atoms with E-state index in [0.29, 0.717) is 6.54 Å². The van der Waals surface area contributed by atoms with Gasteiger partial charge in [0.05, 0.1) is 0 Å². The Hall–Kier alpha value is -2.36. The van der Waals surface area contributed by atoms with E-state index in [0.717, 1.165) is 41.8 Å². The fourth-order valence-corrected chi connectivity index (χ4v) is 2.90. The second-order valence-corrected chi connectivity index (χ2v) is 5.65. The van der Waals surface area contributed by atoms with Gasteiger partial charge in [-0.15, -0.1) is 0 Å². The quantitative estimate of drug-likeness (QED) is 0.941. The number of nitrogens with one attached hydrogen (secondary N) is 1. The Morgan fingerprint density at radius 1 is 1.27 bits per heavy atom. The molecule has 1 aliphatic heterocycles. The predicted octanol–water partition coefficient (Wildman–Crippen LogP) is 3.46. The molecule has 114 valence electrons. The molecule has 0 fully saturated rings. The van der Waals surface area contributed by atoms with E-state index < -0.39 is 0 Å². The fourth-order valence-electron chi connectivity index (χ4n) is 2.90. The molecule has 2 aromatic carbocycles. The van der Waals surface area contributed by atoms with Crippen molar-refractivity contribution in [3.63, 3.8) is 0 Å². The van der Waals surface area contributed by atoms with Crippen LogP contribution in [0.1, 0.15) is 27.9 Å². The molecule has 0 saturated carbocycles. The van der Waals surface area contributed by atoms with Crippen LogP contribution in [0, 0.1) is 5.82 Å². The average molecular weight is 298 g/mol. The molecule has 1 aliphatic rings. The Bertz CT molecular complexity index is 699. The molecule has 3 nitrogen and oxygen atoms in total. The van der Waals surface area contributed by atoms with Crippen molar-refractivity contribution in [2.24, 2.45) is 0 Å². The van der Waals surface area contributed by atoms with Gasteiger partial charge in [-0.25, -0.2) is 4.39 Å². The number of hydrogen-bond donors (Lipinski definition) is 1. The molecule has 0 bridgehead atoms. The van der Waals surface area contributed by atoms with E-state index in [1.54, 1.807) is 18.0 Å². The number of benzene rings is 2. The first-order chi connectivity index (χ1) is 10.6. The summed E-state index contributed by atoms with van der Waals surface area (Å²) in [5.41, 5.74) is 3.67. The number of nitrogens with zero attached hydrogens (tertiary/aromatic N) is 1. The second-order valence-electron chi connectivity index (χ2n) is 5.65. The molecule has 0 radical (unpaired) electrons. The molecule has 1 N–H and O–H groups in total. The highest BCUT2D eigenvalue weighted by Gasteiger charge is 2.20. The summed E-state index contributed by atoms with van der Waals surface area (Å²) in [6.45, 7) is 1.34. The van der Waals surface area contributed by atoms with Crippen LogP contribution in [-0.2, 0) is 13.0 Å². The van der Waals surface area contributed by atoms with Crippen LogP contribution in [-0.4, -0.2) is 24.4 Å². The highest BCUT2D eigenvalue weighted by atomic mass is 19.1. The predicted molar refractivity (Wildman–Crippen MR) is 85.5 cm³/mol. The summed E-state index contributed by atoms with van der Waals surface area (Å²) in [6.07, 6.45) is 1.95. The Labute approximate surface area is 129 Å². The SMILES string of the molecule is CN(Cc1cccc(F)c1)C(=O)c1cccc2c1CCCN2. The zero-order valence-corrected chi connectivity index (χ0v) is 12.6. The zero-order chi connectivity index (χ0) is 15.5. The lowest BCUT2D eigenvalue weighted by Crippen LogP contribution is -2.28. The van der Waals surface area contributed by atoms with Crippen molar-refractivity contribution in [3.05, 3.63) is 65.0 Å². The van der Waals surface area contributed by atoms with Crippen LogP contribution in [0.5, 0.6) is 0 Å². The smallest absolute Gasteiger partial charge is 0.254 e. The Morgan fingerprint density at radius 3 is 2.91 bits per heavy atom. The van der Waals surface area contributed by atoms with Crippen LogP contribution in [0.25, 0.3) is 0 Å². The summed E-state index contributed by atoms with van der Waals surface area (Å²) in [4.78, 5) is 14.3. The third-order valence-corrected chi connectivity index (χ3v) is 3.98. The maximum atomic E-state index is 13.3. The van der Waals surface area contributed by atoms with Crippen molar-refractivity contribution in [2.45, 2.75) is 19.4 Å². The van der Waals surface area contributed by atoms with Crippen LogP contribution in [0.3, 0.4) is 0 Å². The highest BCUT2D eigenvalue weighted by molar-refractivity contribution is 5.97. The van der Waals surface area contributed by atoms with Gasteiger partial charge in [0.25, 0.3) is 5.91 Å². The Morgan fingerprint density at radius 2 is 2.09 bits per heavy atom. The molecule has 0 unspecified atom stereocenters. The highest BCUT2D eigenvalue weighted by Crippen LogP contribution is 2.26. The number of halogens is 1. The number of carbonyl (C=O) groups excluding carboxylic acids is 1. The van der Waals surface area contributed by atoms with E-state index in [9.17, 15) is 9.18 Å². The van der Waals surface area contributed by atoms with Crippen LogP contribution >= 0.6 is 0 Å². The largest absolute Gasteiger partial charge is 0.385 e. The Kier molecular flexibility index (Phi) is 4.09. The first-order valence-corrected chi connectivity index (χ1v) is 7.51. The third kappa shape index (κ3) is 2.96. The third-order valence-electron chi connectivity index (χ3n) is 3.98. The molecule has 0 atom stereocenters. The molecular weight excluding hydrogens is 279 g/mol. The van der Waals surface area contributed by atoms with Crippen molar-refractivity contribution in [1.29, 1.82) is 0 Å². The lowest BCUT2D eigenvalue weighted by Gasteiger charge is -2.23. The number of fused-ring (bicyclic) bond motifs is 1. The molecule has 1 amide bonds. The van der Waals surface area contributed by atoms with Gasteiger partial charge in [0.1, 0.15) is 5.82 Å². The molecule has 22 heavy (non-hydrogen) atoms. The van der Waals surface area contributed by atoms with Crippen molar-refractivity contribution in [2.75, 3.05) is 18.9 Å². The van der Waals surface area contributed by atoms with Gasteiger partial charge >= 0.3 is 0 Å². The van der Waals surface area contributed by atoms with Gasteiger partial charge in [0.15, 0.2) is 0 Å². The van der Waals surface area contributed by atoms with Crippen molar-refractivity contribution in [3.8, 4) is 0 Å². The summed E-state index contributed by atoms with van der Waals surface area (Å²) in [5.74, 6) is -0.301. The lowest BCUT2D eigenvalue weighted by molar-refractivity contribution is 0.0784. The minimum atomic E-state index is -0.278. The van der Waals surface area contributed by atoms with E-state index in [-0.39, 0.29) is 11.7 Å². The molecule has 0 aliphatic carbocycles. The summed E-state index contributed by atoms with van der Waals surface area (Å²) < 4.78 is 13.3. The summed E-state index contributed by atoms with van der Waals surface area (Å²) in [5, 5.41) is 3.33. The molecule has 0 saturated heterocycles. The first kappa shape index (κ1) is 14.6. The molecule has 3 rings (SSSR count). The van der Waals surface area contributed by atoms with Crippen LogP contribution < -0.4 is 5.32 Å². The van der Waals surface area contributed by atoms with E-state index in [1.807, 2.05) is 24.3 Å². The molecule has 0 aromatic heterocycles. The maximum absolute atomic E-state index is 13.3. The van der Waals surface area contributed by atoms with Gasteiger partial charge in [0.2, 0.25) is 0 Å². The van der Waals surface area contributed by atoms with Crippen LogP contribution in [0.2, 0.25) is 0 Å². The fraction of sp³-hybridized carbons (Fsp3) is 0.278. The molecular formula is C18H19FN2O. The normalized spacial score (nSPS) is 13.2. The van der Waals surface area contributed by atoms with Gasteiger partial charge in [-0.3, -0.25) is 4.79 Å². The minimum absolute atomic E-state index is 0.0233. The van der Waals surface area contributed by atoms with Gasteiger partial charge < -0.3 is 10.2 Å². The lowest BCUT2D eigenvalue weighted by atomic mass is 9.97. The standard InChI is InChI=1S/C18H19FN2O/c1-21(12-13-5-2-6-14(19)11-13)18(22)16-7-3-9-17-15(16)8-4-10-20-17/h2-3,5-7,9,11,20H,4,8,10,12H2,1H3. The minimum Gasteiger partial charge on any atom is -0.385 e. The van der Waals surface area contributed by atoms with Gasteiger partial charge in [-0.05, 0) is 48.2 Å². The summed E-state index contributed by atoms with van der Waals surface area (Å²) in [7, 11) is 1.75. The summed E-state index contributed by atoms with van der Waals surface area (Å²) in [6, 6.07) is 12.1. The van der Waals surface area contributed by atoms with Crippen molar-refractivity contribution in [1.82, 2.24) is 4.90 Å². The van der Waals surface area contributed by atoms with Gasteiger partial charge in [-0.2, -0.15) is 0 Å². The van der Waals surface area contributed by atoms with E-state index in [4.69, 9.17) is 0 Å². The number of anilines is 1. The van der Waals surface area contributed by atoms with Crippen molar-refractivity contribution < 1.29 is 9.18 Å². The number of amides is 1. The maximum Gasteiger partial charge on any atom is 0.254 e. The molecule has 2 aromatic rings. The van der Waals surface area contributed by atoms with E-state index in [1.165, 1.54) is 12.1 Å². The van der Waals surface area contributed by atoms with Crippen LogP contribution in [0.15, 0.2) is 42.5 Å². The number of rotatable bonds is 3. The zero-order valence-electron chi connectivity index (χ0n) is 12.6. The van der Waals surface area contributed by atoms with E-state index >= 15 is 0 Å². The Balaban J connectivity index is 1.82.